The number of nitrogens with two attached hydrogens (primary N) is 1. The topological polar surface area (TPSA) is 92.5 Å². The molecule has 3 N–H and O–H groups in total. The highest BCUT2D eigenvalue weighted by Gasteiger charge is 2.34. The molecule has 1 saturated heterocycles. The van der Waals surface area contributed by atoms with E-state index in [9.17, 15) is 13.2 Å². The second-order valence-electron chi connectivity index (χ2n) is 7.08. The van der Waals surface area contributed by atoms with Crippen LogP contribution in [0.2, 0.25) is 0 Å². The smallest absolute Gasteiger partial charge is 0.220 e. The lowest BCUT2D eigenvalue weighted by atomic mass is 9.71. The van der Waals surface area contributed by atoms with Crippen molar-refractivity contribution in [1.29, 1.82) is 0 Å². The van der Waals surface area contributed by atoms with Gasteiger partial charge in [-0.25, -0.2) is 12.7 Å². The summed E-state index contributed by atoms with van der Waals surface area (Å²) in [7, 11) is -3.11. The van der Waals surface area contributed by atoms with E-state index in [2.05, 4.69) is 5.32 Å². The second kappa shape index (κ2) is 7.94. The molecule has 2 rings (SSSR count). The lowest BCUT2D eigenvalue weighted by Crippen LogP contribution is -2.48. The van der Waals surface area contributed by atoms with E-state index < -0.39 is 10.0 Å². The van der Waals surface area contributed by atoms with E-state index in [4.69, 9.17) is 5.73 Å². The van der Waals surface area contributed by atoms with Crippen LogP contribution in [0.5, 0.6) is 0 Å². The maximum atomic E-state index is 12.4. The Hall–Kier alpha value is -0.660. The normalized spacial score (nSPS) is 23.6. The number of amides is 1. The molecule has 1 saturated carbocycles. The van der Waals surface area contributed by atoms with Gasteiger partial charge in [-0.2, -0.15) is 0 Å². The molecule has 0 radical (unpaired) electrons. The zero-order chi connectivity index (χ0) is 16.9. The highest BCUT2D eigenvalue weighted by Crippen LogP contribution is 2.38. The van der Waals surface area contributed by atoms with Gasteiger partial charge in [-0.15, -0.1) is 0 Å². The largest absolute Gasteiger partial charge is 0.353 e. The fraction of sp³-hybridized carbons (Fsp3) is 0.938. The molecule has 0 spiro atoms. The van der Waals surface area contributed by atoms with Crippen molar-refractivity contribution < 1.29 is 13.2 Å². The van der Waals surface area contributed by atoms with E-state index >= 15 is 0 Å². The minimum absolute atomic E-state index is 0.0193. The van der Waals surface area contributed by atoms with Crippen LogP contribution in [0.3, 0.4) is 0 Å². The molecule has 1 aliphatic carbocycles. The van der Waals surface area contributed by atoms with Crippen LogP contribution in [0.4, 0.5) is 0 Å². The quantitative estimate of drug-likeness (QED) is 0.757. The van der Waals surface area contributed by atoms with Gasteiger partial charge in [0.15, 0.2) is 0 Å². The minimum Gasteiger partial charge on any atom is -0.353 e. The zero-order valence-electron chi connectivity index (χ0n) is 14.2. The van der Waals surface area contributed by atoms with Crippen molar-refractivity contribution in [3.8, 4) is 0 Å². The van der Waals surface area contributed by atoms with Gasteiger partial charge in [0.05, 0.1) is 5.75 Å². The Kier molecular flexibility index (Phi) is 6.45. The van der Waals surface area contributed by atoms with Gasteiger partial charge in [0, 0.05) is 25.6 Å². The number of hydrogen-bond acceptors (Lipinski definition) is 4. The van der Waals surface area contributed by atoms with Crippen LogP contribution in [0.25, 0.3) is 0 Å². The van der Waals surface area contributed by atoms with E-state index in [1.165, 1.54) is 10.7 Å². The molecule has 7 heteroatoms. The average Bonchev–Trinajstić information content (AvgIpc) is 2.56. The Morgan fingerprint density at radius 3 is 2.35 bits per heavy atom. The van der Waals surface area contributed by atoms with Crippen molar-refractivity contribution in [2.24, 2.45) is 11.1 Å². The molecule has 1 aliphatic heterocycles. The molecular formula is C16H31N3O3S. The molecule has 2 aliphatic rings. The van der Waals surface area contributed by atoms with Crippen molar-refractivity contribution >= 4 is 15.9 Å². The van der Waals surface area contributed by atoms with E-state index in [0.717, 1.165) is 25.7 Å². The summed E-state index contributed by atoms with van der Waals surface area (Å²) in [6.07, 6.45) is 7.57. The number of rotatable bonds is 6. The average molecular weight is 346 g/mol. The maximum absolute atomic E-state index is 12.4. The number of nitrogens with one attached hydrogen (secondary N) is 1. The number of carbonyl (C=O) groups excluding carboxylic acids is 1. The summed E-state index contributed by atoms with van der Waals surface area (Å²) in [6, 6.07) is 0.0872. The van der Waals surface area contributed by atoms with Gasteiger partial charge >= 0.3 is 0 Å². The van der Waals surface area contributed by atoms with E-state index in [0.29, 0.717) is 38.9 Å². The number of nitrogens with zero attached hydrogens (tertiary/aromatic N) is 1. The fourth-order valence-electron chi connectivity index (χ4n) is 3.84. The summed E-state index contributed by atoms with van der Waals surface area (Å²) in [5.74, 6) is 0.220. The highest BCUT2D eigenvalue weighted by molar-refractivity contribution is 7.89. The Bertz CT molecular complexity index is 493. The Balaban J connectivity index is 1.80. The lowest BCUT2D eigenvalue weighted by Gasteiger charge is -2.37. The monoisotopic (exact) mass is 345 g/mol. The third-order valence-corrected chi connectivity index (χ3v) is 7.34. The number of carbonyl (C=O) groups is 1. The molecule has 0 unspecified atom stereocenters. The van der Waals surface area contributed by atoms with Crippen LogP contribution in [0.15, 0.2) is 0 Å². The van der Waals surface area contributed by atoms with Crippen LogP contribution in [-0.2, 0) is 14.8 Å². The summed E-state index contributed by atoms with van der Waals surface area (Å²) >= 11 is 0. The molecule has 0 aromatic rings. The molecule has 23 heavy (non-hydrogen) atoms. The SMILES string of the molecule is CCS(=O)(=O)N1CCC(NC(=O)CC2(CN)CCCCC2)CC1. The highest BCUT2D eigenvalue weighted by atomic mass is 32.2. The number of piperidine rings is 1. The number of hydrogen-bond donors (Lipinski definition) is 2. The zero-order valence-corrected chi connectivity index (χ0v) is 15.0. The summed E-state index contributed by atoms with van der Waals surface area (Å²) in [6.45, 7) is 3.25. The molecule has 0 aromatic heterocycles. The molecule has 1 amide bonds. The fourth-order valence-corrected chi connectivity index (χ4v) is 4.97. The van der Waals surface area contributed by atoms with Crippen LogP contribution in [0.1, 0.15) is 58.3 Å². The molecule has 134 valence electrons. The van der Waals surface area contributed by atoms with Gasteiger partial charge in [-0.05, 0) is 44.6 Å². The van der Waals surface area contributed by atoms with E-state index in [1.807, 2.05) is 0 Å². The van der Waals surface area contributed by atoms with Crippen molar-refractivity contribution in [3.63, 3.8) is 0 Å². The first kappa shape index (κ1) is 18.7. The van der Waals surface area contributed by atoms with Crippen LogP contribution in [0, 0.1) is 5.41 Å². The first-order chi connectivity index (χ1) is 10.9. The van der Waals surface area contributed by atoms with Crippen LogP contribution < -0.4 is 11.1 Å². The molecule has 0 bridgehead atoms. The van der Waals surface area contributed by atoms with Crippen molar-refractivity contribution in [1.82, 2.24) is 9.62 Å². The van der Waals surface area contributed by atoms with Gasteiger partial charge in [0.25, 0.3) is 0 Å². The summed E-state index contributed by atoms with van der Waals surface area (Å²) in [5, 5.41) is 3.10. The number of sulfonamides is 1. The van der Waals surface area contributed by atoms with E-state index in [1.54, 1.807) is 6.92 Å². The van der Waals surface area contributed by atoms with Gasteiger partial charge in [0.1, 0.15) is 0 Å². The molecule has 2 fully saturated rings. The second-order valence-corrected chi connectivity index (χ2v) is 9.34. The van der Waals surface area contributed by atoms with Crippen LogP contribution >= 0.6 is 0 Å². The van der Waals surface area contributed by atoms with Crippen molar-refractivity contribution in [2.45, 2.75) is 64.3 Å². The first-order valence-corrected chi connectivity index (χ1v) is 10.5. The minimum atomic E-state index is -3.11. The lowest BCUT2D eigenvalue weighted by molar-refractivity contribution is -0.124. The Morgan fingerprint density at radius 2 is 1.83 bits per heavy atom. The third-order valence-electron chi connectivity index (χ3n) is 5.46. The van der Waals surface area contributed by atoms with Gasteiger partial charge in [-0.1, -0.05) is 19.3 Å². The Labute approximate surface area is 140 Å². The Morgan fingerprint density at radius 1 is 1.22 bits per heavy atom. The molecular weight excluding hydrogens is 314 g/mol. The predicted octanol–water partition coefficient (Wildman–Crippen LogP) is 1.22. The predicted molar refractivity (Wildman–Crippen MR) is 91.4 cm³/mol. The molecule has 6 nitrogen and oxygen atoms in total. The summed E-state index contributed by atoms with van der Waals surface area (Å²) < 4.78 is 25.2. The standard InChI is InChI=1S/C16H31N3O3S/c1-2-23(21,22)19-10-6-14(7-11-19)18-15(20)12-16(13-17)8-4-3-5-9-16/h14H,2-13,17H2,1H3,(H,18,20). The molecule has 1 heterocycles. The summed E-state index contributed by atoms with van der Waals surface area (Å²) in [4.78, 5) is 12.4. The third kappa shape index (κ3) is 4.90. The van der Waals surface area contributed by atoms with Gasteiger partial charge < -0.3 is 11.1 Å². The first-order valence-electron chi connectivity index (χ1n) is 8.88. The summed E-state index contributed by atoms with van der Waals surface area (Å²) in [5.41, 5.74) is 5.93. The van der Waals surface area contributed by atoms with Crippen molar-refractivity contribution in [3.05, 3.63) is 0 Å². The van der Waals surface area contributed by atoms with Gasteiger partial charge in [0.2, 0.25) is 15.9 Å². The maximum Gasteiger partial charge on any atom is 0.220 e. The van der Waals surface area contributed by atoms with Crippen LogP contribution in [-0.4, -0.2) is 50.1 Å². The van der Waals surface area contributed by atoms with E-state index in [-0.39, 0.29) is 23.1 Å². The molecule has 0 atom stereocenters. The molecule has 0 aromatic carbocycles. The van der Waals surface area contributed by atoms with Crippen molar-refractivity contribution in [2.75, 3.05) is 25.4 Å². The van der Waals surface area contributed by atoms with Gasteiger partial charge in [-0.3, -0.25) is 4.79 Å².